The number of imidazole rings is 1. The fourth-order valence-corrected chi connectivity index (χ4v) is 3.92. The molecule has 1 aliphatic carbocycles. The maximum absolute atomic E-state index is 11.7. The van der Waals surface area contributed by atoms with Gasteiger partial charge in [-0.3, -0.25) is 0 Å². The lowest BCUT2D eigenvalue weighted by Gasteiger charge is -2.21. The molecule has 0 bridgehead atoms. The fraction of sp³-hybridized carbons (Fsp3) is 0.444. The number of ether oxygens (including phenoxy) is 1. The van der Waals surface area contributed by atoms with Gasteiger partial charge in [0.1, 0.15) is 0 Å². The molecule has 2 heterocycles. The van der Waals surface area contributed by atoms with E-state index in [1.54, 1.807) is 19.4 Å². The maximum Gasteiger partial charge on any atom is 0.358 e. The molecule has 24 heavy (non-hydrogen) atoms. The van der Waals surface area contributed by atoms with E-state index in [-0.39, 0.29) is 5.97 Å². The molecule has 0 radical (unpaired) electrons. The Morgan fingerprint density at radius 1 is 1.38 bits per heavy atom. The van der Waals surface area contributed by atoms with Crippen molar-refractivity contribution in [3.63, 3.8) is 0 Å². The van der Waals surface area contributed by atoms with Crippen molar-refractivity contribution in [2.45, 2.75) is 19.9 Å². The Kier molecular flexibility index (Phi) is 4.08. The minimum Gasteiger partial charge on any atom is -0.461 e. The largest absolute Gasteiger partial charge is 0.461 e. The highest BCUT2D eigenvalue weighted by Crippen LogP contribution is 2.46. The van der Waals surface area contributed by atoms with Crippen LogP contribution in [0, 0.1) is 11.8 Å². The minimum absolute atomic E-state index is 0.348. The van der Waals surface area contributed by atoms with E-state index in [1.165, 1.54) is 25.2 Å². The number of nitrogens with zero attached hydrogens (tertiary/aromatic N) is 3. The lowest BCUT2D eigenvalue weighted by atomic mass is 10.2. The van der Waals surface area contributed by atoms with Gasteiger partial charge >= 0.3 is 5.97 Å². The van der Waals surface area contributed by atoms with Gasteiger partial charge in [-0.1, -0.05) is 22.0 Å². The SMILES string of the molecule is CCOC(=O)c1cn(Cc2ccc(N3CC4CC4C3)cc2Br)cn1. The molecular formula is C18H20BrN3O2. The molecule has 6 heteroatoms. The third-order valence-corrected chi connectivity index (χ3v) is 5.59. The Morgan fingerprint density at radius 2 is 2.17 bits per heavy atom. The summed E-state index contributed by atoms with van der Waals surface area (Å²) in [5, 5.41) is 0. The molecule has 0 spiro atoms. The number of anilines is 1. The molecule has 1 aromatic heterocycles. The summed E-state index contributed by atoms with van der Waals surface area (Å²) in [6, 6.07) is 6.53. The molecule has 2 aliphatic rings. The third kappa shape index (κ3) is 3.07. The second kappa shape index (κ2) is 6.24. The number of piperidine rings is 1. The van der Waals surface area contributed by atoms with E-state index in [0.29, 0.717) is 18.8 Å². The van der Waals surface area contributed by atoms with Crippen LogP contribution in [0.15, 0.2) is 35.2 Å². The number of hydrogen-bond acceptors (Lipinski definition) is 4. The van der Waals surface area contributed by atoms with Gasteiger partial charge in [-0.15, -0.1) is 0 Å². The van der Waals surface area contributed by atoms with Crippen LogP contribution in [0.1, 0.15) is 29.4 Å². The molecule has 2 aromatic rings. The van der Waals surface area contributed by atoms with Crippen LogP contribution in [0.25, 0.3) is 0 Å². The number of carbonyl (C=O) groups is 1. The van der Waals surface area contributed by atoms with Crippen molar-refractivity contribution in [1.82, 2.24) is 9.55 Å². The molecule has 2 unspecified atom stereocenters. The molecule has 1 saturated carbocycles. The lowest BCUT2D eigenvalue weighted by molar-refractivity contribution is 0.0520. The Hall–Kier alpha value is -1.82. The van der Waals surface area contributed by atoms with Crippen molar-refractivity contribution in [2.75, 3.05) is 24.6 Å². The maximum atomic E-state index is 11.7. The summed E-state index contributed by atoms with van der Waals surface area (Å²) >= 11 is 3.69. The zero-order valence-corrected chi connectivity index (χ0v) is 15.2. The van der Waals surface area contributed by atoms with E-state index in [2.05, 4.69) is 44.0 Å². The molecule has 1 saturated heterocycles. The monoisotopic (exact) mass is 389 g/mol. The Balaban J connectivity index is 1.45. The first-order valence-electron chi connectivity index (χ1n) is 8.36. The topological polar surface area (TPSA) is 47.4 Å². The Labute approximate surface area is 149 Å². The standard InChI is InChI=1S/C18H20BrN3O2/c1-2-24-18(23)17-10-21(11-20-17)7-12-3-4-15(6-16(12)19)22-8-13-5-14(13)9-22/h3-4,6,10-11,13-14H,2,5,7-9H2,1H3. The molecule has 126 valence electrons. The number of carbonyl (C=O) groups excluding carboxylic acids is 1. The van der Waals surface area contributed by atoms with Crippen LogP contribution in [-0.4, -0.2) is 35.2 Å². The van der Waals surface area contributed by atoms with E-state index >= 15 is 0 Å². The molecule has 1 aliphatic heterocycles. The van der Waals surface area contributed by atoms with Crippen LogP contribution in [0.3, 0.4) is 0 Å². The lowest BCUT2D eigenvalue weighted by Crippen LogP contribution is -2.21. The predicted octanol–water partition coefficient (Wildman–Crippen LogP) is 3.33. The number of hydrogen-bond donors (Lipinski definition) is 0. The van der Waals surface area contributed by atoms with Gasteiger partial charge in [0, 0.05) is 36.0 Å². The number of esters is 1. The highest BCUT2D eigenvalue weighted by atomic mass is 79.9. The second-order valence-electron chi connectivity index (χ2n) is 6.59. The second-order valence-corrected chi connectivity index (χ2v) is 7.44. The molecule has 0 N–H and O–H groups in total. The van der Waals surface area contributed by atoms with Crippen molar-refractivity contribution in [2.24, 2.45) is 11.8 Å². The number of rotatable bonds is 5. The zero-order chi connectivity index (χ0) is 16.7. The van der Waals surface area contributed by atoms with E-state index in [9.17, 15) is 4.79 Å². The number of benzene rings is 1. The summed E-state index contributed by atoms with van der Waals surface area (Å²) < 4.78 is 7.96. The van der Waals surface area contributed by atoms with E-state index in [0.717, 1.165) is 21.9 Å². The van der Waals surface area contributed by atoms with Gasteiger partial charge in [0.25, 0.3) is 0 Å². The highest BCUT2D eigenvalue weighted by molar-refractivity contribution is 9.10. The van der Waals surface area contributed by atoms with Gasteiger partial charge in [-0.05, 0) is 42.9 Å². The summed E-state index contributed by atoms with van der Waals surface area (Å²) in [6.07, 6.45) is 4.81. The minimum atomic E-state index is -0.377. The van der Waals surface area contributed by atoms with Gasteiger partial charge in [0.05, 0.1) is 12.9 Å². The number of halogens is 1. The van der Waals surface area contributed by atoms with E-state index in [4.69, 9.17) is 4.74 Å². The Bertz CT molecular complexity index is 763. The smallest absolute Gasteiger partial charge is 0.358 e. The van der Waals surface area contributed by atoms with Gasteiger partial charge in [0.2, 0.25) is 0 Å². The predicted molar refractivity (Wildman–Crippen MR) is 95.2 cm³/mol. The van der Waals surface area contributed by atoms with E-state index < -0.39 is 0 Å². The van der Waals surface area contributed by atoms with Crippen molar-refractivity contribution in [3.8, 4) is 0 Å². The van der Waals surface area contributed by atoms with Crippen LogP contribution in [0.2, 0.25) is 0 Å². The molecule has 5 nitrogen and oxygen atoms in total. The van der Waals surface area contributed by atoms with Crippen molar-refractivity contribution < 1.29 is 9.53 Å². The molecule has 2 fully saturated rings. The zero-order valence-electron chi connectivity index (χ0n) is 13.6. The molecular weight excluding hydrogens is 370 g/mol. The summed E-state index contributed by atoms with van der Waals surface area (Å²) in [6.45, 7) is 5.20. The van der Waals surface area contributed by atoms with Gasteiger partial charge in [-0.25, -0.2) is 9.78 Å². The summed E-state index contributed by atoms with van der Waals surface area (Å²) in [5.41, 5.74) is 2.80. The quantitative estimate of drug-likeness (QED) is 0.735. The van der Waals surface area contributed by atoms with Crippen molar-refractivity contribution in [1.29, 1.82) is 0 Å². The highest BCUT2D eigenvalue weighted by Gasteiger charge is 2.45. The summed E-state index contributed by atoms with van der Waals surface area (Å²) in [5.74, 6) is 1.48. The first kappa shape index (κ1) is 15.7. The molecule has 2 atom stereocenters. The normalized spacial score (nSPS) is 21.7. The van der Waals surface area contributed by atoms with Crippen LogP contribution in [0.4, 0.5) is 5.69 Å². The summed E-state index contributed by atoms with van der Waals surface area (Å²) in [7, 11) is 0. The third-order valence-electron chi connectivity index (χ3n) is 4.85. The van der Waals surface area contributed by atoms with Crippen LogP contribution < -0.4 is 4.90 Å². The Morgan fingerprint density at radius 3 is 2.88 bits per heavy atom. The average molecular weight is 390 g/mol. The van der Waals surface area contributed by atoms with Crippen molar-refractivity contribution >= 4 is 27.6 Å². The van der Waals surface area contributed by atoms with Crippen LogP contribution >= 0.6 is 15.9 Å². The van der Waals surface area contributed by atoms with Crippen molar-refractivity contribution in [3.05, 3.63) is 46.5 Å². The van der Waals surface area contributed by atoms with Crippen LogP contribution in [0.5, 0.6) is 0 Å². The first-order valence-corrected chi connectivity index (χ1v) is 9.15. The van der Waals surface area contributed by atoms with Gasteiger partial charge in [0.15, 0.2) is 5.69 Å². The molecule has 0 amide bonds. The molecule has 1 aromatic carbocycles. The average Bonchev–Trinajstić information content (AvgIpc) is 2.98. The number of aromatic nitrogens is 2. The van der Waals surface area contributed by atoms with Gasteiger partial charge < -0.3 is 14.2 Å². The molecule has 4 rings (SSSR count). The first-order chi connectivity index (χ1) is 11.6. The van der Waals surface area contributed by atoms with Crippen LogP contribution in [-0.2, 0) is 11.3 Å². The van der Waals surface area contributed by atoms with Gasteiger partial charge in [-0.2, -0.15) is 0 Å². The summed E-state index contributed by atoms with van der Waals surface area (Å²) in [4.78, 5) is 18.3. The fourth-order valence-electron chi connectivity index (χ4n) is 3.42. The van der Waals surface area contributed by atoms with E-state index in [1.807, 2.05) is 4.57 Å². The number of fused-ring (bicyclic) bond motifs is 1.